The van der Waals surface area contributed by atoms with Crippen LogP contribution in [0.15, 0.2) is 72.3 Å². The molecular weight excluding hydrogens is 702 g/mol. The molecule has 9 rings (SSSR count). The second-order valence-electron chi connectivity index (χ2n) is 14.4. The molecule has 6 unspecified atom stereocenters. The van der Waals surface area contributed by atoms with Gasteiger partial charge in [0, 0.05) is 39.7 Å². The van der Waals surface area contributed by atoms with Gasteiger partial charge in [0.15, 0.2) is 0 Å². The number of allylic oxidation sites excluding steroid dienone is 2. The first-order valence-corrected chi connectivity index (χ1v) is 18.2. The number of phenols is 1. The Bertz CT molecular complexity index is 2520. The first-order chi connectivity index (χ1) is 24.8. The fourth-order valence-corrected chi connectivity index (χ4v) is 10.8. The Morgan fingerprint density at radius 3 is 2.54 bits per heavy atom. The fourth-order valence-electron chi connectivity index (χ4n) is 9.52. The Labute approximate surface area is 306 Å². The van der Waals surface area contributed by atoms with E-state index in [9.17, 15) is 24.3 Å². The molecule has 3 N–H and O–H groups in total. The summed E-state index contributed by atoms with van der Waals surface area (Å²) in [4.78, 5) is 71.8. The Kier molecular flexibility index (Phi) is 6.94. The van der Waals surface area contributed by atoms with E-state index in [2.05, 4.69) is 0 Å². The van der Waals surface area contributed by atoms with Crippen molar-refractivity contribution in [3.05, 3.63) is 88.5 Å². The van der Waals surface area contributed by atoms with Crippen LogP contribution in [0.1, 0.15) is 36.8 Å². The summed E-state index contributed by atoms with van der Waals surface area (Å²) in [5.74, 6) is -6.22. The molecule has 5 aromatic rings. The number of amides is 6. The van der Waals surface area contributed by atoms with E-state index in [1.807, 2.05) is 55.5 Å². The number of aromatic nitrogens is 2. The predicted octanol–water partition coefficient (Wildman–Crippen LogP) is 6.43. The van der Waals surface area contributed by atoms with Crippen molar-refractivity contribution in [2.24, 2.45) is 41.9 Å². The van der Waals surface area contributed by atoms with Crippen LogP contribution in [-0.2, 0) is 26.2 Å². The van der Waals surface area contributed by atoms with Crippen LogP contribution in [-0.4, -0.2) is 49.4 Å². The highest BCUT2D eigenvalue weighted by molar-refractivity contribution is 7.22. The van der Waals surface area contributed by atoms with Crippen molar-refractivity contribution in [2.45, 2.75) is 32.6 Å². The number of aryl methyl sites for hydroxylation is 2. The van der Waals surface area contributed by atoms with E-state index in [4.69, 9.17) is 22.4 Å². The number of aromatic hydroxyl groups is 1. The van der Waals surface area contributed by atoms with Gasteiger partial charge in [0.25, 0.3) is 0 Å². The largest absolute Gasteiger partial charge is 0.507 e. The summed E-state index contributed by atoms with van der Waals surface area (Å²) in [6.07, 6.45) is 2.09. The first-order valence-electron chi connectivity index (χ1n) is 17.0. The minimum absolute atomic E-state index is 0.0267. The SMILES string of the molecule is Cc1c(-c2cc(N3C(=O)C4CC5C(=CCC6C(=O)N(C(N)=O)C(=O)C65)C(c5ccc6ccccc6c5O)C4(C)C3=O)n(C)n2)sc2ccc(Cl)cc12. The van der Waals surface area contributed by atoms with Crippen LogP contribution in [0.25, 0.3) is 31.4 Å². The van der Waals surface area contributed by atoms with E-state index in [1.54, 1.807) is 43.5 Å². The highest BCUT2D eigenvalue weighted by Crippen LogP contribution is 2.64. The molecule has 13 heteroatoms. The number of hydrogen-bond donors (Lipinski definition) is 2. The standard InChI is InChI=1S/C39H32ClN5O6S/c1-17-24-14-19(40)9-13-28(24)52-33(17)27-16-29(43(3)42-27)44-35(48)26-15-25-21(11-12-22-30(25)36(49)45(34(22)47)38(41)51)31(39(26,2)37(44)50)23-10-8-18-6-4-5-7-20(18)32(23)46/h4-11,13-14,16,22,25-26,30-31,46H,12,15H2,1-3H3,(H2,41,51). The lowest BCUT2D eigenvalue weighted by molar-refractivity contribution is -0.136. The second-order valence-corrected chi connectivity index (χ2v) is 15.9. The third-order valence-electron chi connectivity index (χ3n) is 12.0. The summed E-state index contributed by atoms with van der Waals surface area (Å²) in [7, 11) is 1.68. The molecule has 2 aliphatic carbocycles. The van der Waals surface area contributed by atoms with Crippen molar-refractivity contribution in [1.82, 2.24) is 14.7 Å². The maximum Gasteiger partial charge on any atom is 0.328 e. The predicted molar refractivity (Wildman–Crippen MR) is 195 cm³/mol. The molecule has 2 saturated heterocycles. The molecule has 6 amide bonds. The Balaban J connectivity index is 1.20. The summed E-state index contributed by atoms with van der Waals surface area (Å²) in [6, 6.07) is 17.3. The zero-order valence-corrected chi connectivity index (χ0v) is 29.9. The average molecular weight is 734 g/mol. The third kappa shape index (κ3) is 4.19. The number of likely N-dealkylation sites (tertiary alicyclic amines) is 1. The number of urea groups is 1. The molecule has 2 aromatic heterocycles. The summed E-state index contributed by atoms with van der Waals surface area (Å²) < 4.78 is 2.55. The normalized spacial score (nSPS) is 27.0. The van der Waals surface area contributed by atoms with Gasteiger partial charge in [0.1, 0.15) is 17.3 Å². The average Bonchev–Trinajstić information content (AvgIpc) is 3.79. The van der Waals surface area contributed by atoms with Crippen molar-refractivity contribution in [2.75, 3.05) is 4.90 Å². The maximum absolute atomic E-state index is 15.1. The lowest BCUT2D eigenvalue weighted by Gasteiger charge is -2.49. The van der Waals surface area contributed by atoms with Crippen LogP contribution in [0.3, 0.4) is 0 Å². The molecule has 2 aliphatic heterocycles. The fraction of sp³-hybridized carbons (Fsp3) is 0.282. The lowest BCUT2D eigenvalue weighted by Crippen LogP contribution is -2.49. The van der Waals surface area contributed by atoms with Gasteiger partial charge in [-0.2, -0.15) is 10.00 Å². The number of nitrogens with zero attached hydrogens (tertiary/aromatic N) is 4. The lowest BCUT2D eigenvalue weighted by atomic mass is 9.51. The summed E-state index contributed by atoms with van der Waals surface area (Å²) in [5.41, 5.74) is 6.80. The molecule has 52 heavy (non-hydrogen) atoms. The van der Waals surface area contributed by atoms with Crippen LogP contribution in [0.5, 0.6) is 5.75 Å². The molecule has 6 atom stereocenters. The van der Waals surface area contributed by atoms with Gasteiger partial charge in [-0.3, -0.25) is 23.9 Å². The number of benzene rings is 3. The van der Waals surface area contributed by atoms with Crippen LogP contribution < -0.4 is 10.6 Å². The van der Waals surface area contributed by atoms with E-state index in [-0.39, 0.29) is 18.6 Å². The minimum Gasteiger partial charge on any atom is -0.507 e. The quantitative estimate of drug-likeness (QED) is 0.160. The highest BCUT2D eigenvalue weighted by atomic mass is 35.5. The van der Waals surface area contributed by atoms with Crippen molar-refractivity contribution < 1.29 is 29.1 Å². The molecule has 4 aliphatic rings. The van der Waals surface area contributed by atoms with E-state index in [0.29, 0.717) is 38.0 Å². The molecule has 1 saturated carbocycles. The smallest absolute Gasteiger partial charge is 0.328 e. The van der Waals surface area contributed by atoms with Gasteiger partial charge in [-0.25, -0.2) is 9.69 Å². The molecule has 262 valence electrons. The number of halogens is 1. The number of phenolic OH excluding ortho intramolecular Hbond substituents is 1. The Hall–Kier alpha value is -5.33. The molecule has 0 spiro atoms. The van der Waals surface area contributed by atoms with E-state index >= 15 is 4.79 Å². The number of carbonyl (C=O) groups excluding carboxylic acids is 5. The van der Waals surface area contributed by atoms with Gasteiger partial charge in [-0.05, 0) is 67.1 Å². The zero-order valence-electron chi connectivity index (χ0n) is 28.3. The van der Waals surface area contributed by atoms with Gasteiger partial charge in [-0.15, -0.1) is 11.3 Å². The number of fused-ring (bicyclic) bond motifs is 6. The highest BCUT2D eigenvalue weighted by Gasteiger charge is 2.68. The Morgan fingerprint density at radius 2 is 1.77 bits per heavy atom. The summed E-state index contributed by atoms with van der Waals surface area (Å²) in [5, 5.41) is 19.6. The van der Waals surface area contributed by atoms with Crippen molar-refractivity contribution in [1.29, 1.82) is 0 Å². The van der Waals surface area contributed by atoms with E-state index in [1.165, 1.54) is 9.58 Å². The molecule has 0 bridgehead atoms. The van der Waals surface area contributed by atoms with Crippen LogP contribution in [0, 0.1) is 36.0 Å². The molecule has 3 aromatic carbocycles. The maximum atomic E-state index is 15.1. The van der Waals surface area contributed by atoms with Crippen LogP contribution in [0.2, 0.25) is 5.02 Å². The van der Waals surface area contributed by atoms with Gasteiger partial charge < -0.3 is 10.8 Å². The van der Waals surface area contributed by atoms with E-state index < -0.39 is 64.7 Å². The number of imide groups is 4. The van der Waals surface area contributed by atoms with E-state index in [0.717, 1.165) is 25.9 Å². The first kappa shape index (κ1) is 32.6. The number of carbonyl (C=O) groups is 5. The number of thiophene rings is 1. The molecule has 0 radical (unpaired) electrons. The zero-order chi connectivity index (χ0) is 36.5. The molecule has 11 nitrogen and oxygen atoms in total. The monoisotopic (exact) mass is 733 g/mol. The molecule has 4 heterocycles. The minimum atomic E-state index is -1.39. The topological polar surface area (TPSA) is 156 Å². The molecule has 3 fully saturated rings. The number of anilines is 1. The number of nitrogens with two attached hydrogens (primary N) is 1. The third-order valence-corrected chi connectivity index (χ3v) is 13.5. The van der Waals surface area contributed by atoms with Gasteiger partial charge >= 0.3 is 6.03 Å². The Morgan fingerprint density at radius 1 is 1.00 bits per heavy atom. The van der Waals surface area contributed by atoms with Crippen LogP contribution in [0.4, 0.5) is 10.6 Å². The second kappa shape index (κ2) is 11.1. The van der Waals surface area contributed by atoms with Crippen LogP contribution >= 0.6 is 22.9 Å². The van der Waals surface area contributed by atoms with Gasteiger partial charge in [-0.1, -0.05) is 59.6 Å². The van der Waals surface area contributed by atoms with Gasteiger partial charge in [0.2, 0.25) is 23.6 Å². The molecular formula is C39H32ClN5O6S. The number of rotatable bonds is 3. The summed E-state index contributed by atoms with van der Waals surface area (Å²) in [6.45, 7) is 3.74. The van der Waals surface area contributed by atoms with Gasteiger partial charge in [0.05, 0.1) is 28.0 Å². The summed E-state index contributed by atoms with van der Waals surface area (Å²) >= 11 is 7.84. The van der Waals surface area contributed by atoms with Crippen molar-refractivity contribution in [3.8, 4) is 16.3 Å². The van der Waals surface area contributed by atoms with Crippen molar-refractivity contribution in [3.63, 3.8) is 0 Å². The number of hydrogen-bond acceptors (Lipinski definition) is 8. The van der Waals surface area contributed by atoms with Crippen molar-refractivity contribution >= 4 is 79.3 Å². The number of primary amides is 1.